The van der Waals surface area contributed by atoms with E-state index in [0.717, 1.165) is 44.3 Å². The van der Waals surface area contributed by atoms with Crippen molar-refractivity contribution in [3.63, 3.8) is 0 Å². The molecule has 2 fully saturated rings. The van der Waals surface area contributed by atoms with E-state index in [-0.39, 0.29) is 0 Å². The normalized spacial score (nSPS) is 22.9. The summed E-state index contributed by atoms with van der Waals surface area (Å²) in [4.78, 5) is 15.4. The van der Waals surface area contributed by atoms with Crippen LogP contribution < -0.4 is 10.2 Å². The van der Waals surface area contributed by atoms with Crippen molar-refractivity contribution in [3.8, 4) is 0 Å². The molecule has 0 radical (unpaired) electrons. The van der Waals surface area contributed by atoms with Crippen molar-refractivity contribution in [1.29, 1.82) is 0 Å². The molecule has 1 aromatic heterocycles. The summed E-state index contributed by atoms with van der Waals surface area (Å²) in [5.41, 5.74) is 2.77. The Bertz CT molecular complexity index is 664. The molecular formula is C25H43N5. The third kappa shape index (κ3) is 5.27. The van der Waals surface area contributed by atoms with Crippen LogP contribution in [0, 0.1) is 5.92 Å². The molecule has 4 rings (SSSR count). The Morgan fingerprint density at radius 1 is 0.900 bits per heavy atom. The van der Waals surface area contributed by atoms with Crippen molar-refractivity contribution in [3.05, 3.63) is 11.3 Å². The molecular weight excluding hydrogens is 370 g/mol. The highest BCUT2D eigenvalue weighted by Gasteiger charge is 2.27. The van der Waals surface area contributed by atoms with Gasteiger partial charge in [0, 0.05) is 37.8 Å². The van der Waals surface area contributed by atoms with Gasteiger partial charge in [-0.25, -0.2) is 4.98 Å². The lowest BCUT2D eigenvalue weighted by atomic mass is 9.96. The van der Waals surface area contributed by atoms with Crippen LogP contribution in [-0.4, -0.2) is 53.6 Å². The third-order valence-corrected chi connectivity index (χ3v) is 7.71. The van der Waals surface area contributed by atoms with Gasteiger partial charge in [0.25, 0.3) is 0 Å². The predicted octanol–water partition coefficient (Wildman–Crippen LogP) is 5.05. The van der Waals surface area contributed by atoms with Gasteiger partial charge in [-0.1, -0.05) is 39.5 Å². The minimum Gasteiger partial charge on any atom is -0.356 e. The Kier molecular flexibility index (Phi) is 7.86. The molecule has 1 unspecified atom stereocenters. The SMILES string of the molecule is CCC(CC)CN1CCCC1CNc1nc2c(c(N3CCCCCC3)n1)CCCC2. The van der Waals surface area contributed by atoms with Crippen molar-refractivity contribution in [2.24, 2.45) is 5.92 Å². The Hall–Kier alpha value is -1.36. The summed E-state index contributed by atoms with van der Waals surface area (Å²) in [5.74, 6) is 2.97. The molecule has 5 nitrogen and oxygen atoms in total. The van der Waals surface area contributed by atoms with Crippen LogP contribution in [-0.2, 0) is 12.8 Å². The number of nitrogens with zero attached hydrogens (tertiary/aromatic N) is 4. The van der Waals surface area contributed by atoms with Gasteiger partial charge in [0.2, 0.25) is 5.95 Å². The van der Waals surface area contributed by atoms with Gasteiger partial charge in [-0.2, -0.15) is 4.98 Å². The topological polar surface area (TPSA) is 44.3 Å². The van der Waals surface area contributed by atoms with Crippen LogP contribution in [0.15, 0.2) is 0 Å². The van der Waals surface area contributed by atoms with Crippen molar-refractivity contribution in [1.82, 2.24) is 14.9 Å². The van der Waals surface area contributed by atoms with E-state index in [1.54, 1.807) is 0 Å². The van der Waals surface area contributed by atoms with E-state index in [0.29, 0.717) is 6.04 Å². The first kappa shape index (κ1) is 21.9. The van der Waals surface area contributed by atoms with Gasteiger partial charge in [0.05, 0.1) is 5.69 Å². The number of fused-ring (bicyclic) bond motifs is 1. The summed E-state index contributed by atoms with van der Waals surface area (Å²) < 4.78 is 0. The Balaban J connectivity index is 1.46. The van der Waals surface area contributed by atoms with Gasteiger partial charge in [-0.15, -0.1) is 0 Å². The highest BCUT2D eigenvalue weighted by Crippen LogP contribution is 2.31. The Labute approximate surface area is 184 Å². The molecule has 2 aliphatic heterocycles. The monoisotopic (exact) mass is 413 g/mol. The number of aromatic nitrogens is 2. The quantitative estimate of drug-likeness (QED) is 0.646. The molecule has 0 bridgehead atoms. The van der Waals surface area contributed by atoms with Crippen LogP contribution in [0.25, 0.3) is 0 Å². The fourth-order valence-electron chi connectivity index (χ4n) is 5.65. The number of aryl methyl sites for hydroxylation is 1. The number of likely N-dealkylation sites (tertiary alicyclic amines) is 1. The third-order valence-electron chi connectivity index (χ3n) is 7.71. The molecule has 0 aromatic carbocycles. The van der Waals surface area contributed by atoms with Gasteiger partial charge >= 0.3 is 0 Å². The Morgan fingerprint density at radius 2 is 1.67 bits per heavy atom. The molecule has 1 atom stereocenters. The molecule has 30 heavy (non-hydrogen) atoms. The Morgan fingerprint density at radius 3 is 2.43 bits per heavy atom. The average molecular weight is 414 g/mol. The highest BCUT2D eigenvalue weighted by atomic mass is 15.3. The first-order valence-electron chi connectivity index (χ1n) is 12.9. The molecule has 1 N–H and O–H groups in total. The summed E-state index contributed by atoms with van der Waals surface area (Å²) in [6.07, 6.45) is 15.4. The summed E-state index contributed by atoms with van der Waals surface area (Å²) in [5, 5.41) is 3.68. The number of hydrogen-bond acceptors (Lipinski definition) is 5. The molecule has 0 spiro atoms. The molecule has 2 saturated heterocycles. The molecule has 168 valence electrons. The molecule has 1 aromatic rings. The van der Waals surface area contributed by atoms with Crippen LogP contribution >= 0.6 is 0 Å². The molecule has 3 aliphatic rings. The largest absolute Gasteiger partial charge is 0.356 e. The van der Waals surface area contributed by atoms with Crippen LogP contribution in [0.2, 0.25) is 0 Å². The van der Waals surface area contributed by atoms with Crippen LogP contribution in [0.5, 0.6) is 0 Å². The van der Waals surface area contributed by atoms with Crippen molar-refractivity contribution in [2.45, 2.75) is 96.9 Å². The zero-order valence-corrected chi connectivity index (χ0v) is 19.5. The second-order valence-electron chi connectivity index (χ2n) is 9.76. The van der Waals surface area contributed by atoms with Gasteiger partial charge in [-0.05, 0) is 63.8 Å². The maximum absolute atomic E-state index is 5.12. The van der Waals surface area contributed by atoms with Gasteiger partial charge < -0.3 is 10.2 Å². The molecule has 0 saturated carbocycles. The molecule has 3 heterocycles. The second kappa shape index (κ2) is 10.8. The minimum atomic E-state index is 0.631. The number of hydrogen-bond donors (Lipinski definition) is 1. The fraction of sp³-hybridized carbons (Fsp3) is 0.840. The zero-order chi connectivity index (χ0) is 20.8. The van der Waals surface area contributed by atoms with Crippen LogP contribution in [0.3, 0.4) is 0 Å². The van der Waals surface area contributed by atoms with Crippen molar-refractivity contribution >= 4 is 11.8 Å². The van der Waals surface area contributed by atoms with E-state index in [4.69, 9.17) is 9.97 Å². The fourth-order valence-corrected chi connectivity index (χ4v) is 5.65. The van der Waals surface area contributed by atoms with Crippen molar-refractivity contribution < 1.29 is 0 Å². The number of rotatable bonds is 8. The van der Waals surface area contributed by atoms with E-state index in [1.807, 2.05) is 0 Å². The molecule has 0 amide bonds. The molecule has 1 aliphatic carbocycles. The lowest BCUT2D eigenvalue weighted by Crippen LogP contribution is -2.38. The standard InChI is InChI=1S/C25H43N5/c1-3-20(4-2)19-30-17-11-12-21(30)18-26-25-27-23-14-8-7-13-22(23)24(28-25)29-15-9-5-6-10-16-29/h20-21H,3-19H2,1-2H3,(H,26,27,28). The van der Waals surface area contributed by atoms with E-state index < -0.39 is 0 Å². The van der Waals surface area contributed by atoms with Gasteiger partial charge in [0.15, 0.2) is 0 Å². The van der Waals surface area contributed by atoms with Crippen molar-refractivity contribution in [2.75, 3.05) is 42.9 Å². The second-order valence-corrected chi connectivity index (χ2v) is 9.76. The zero-order valence-electron chi connectivity index (χ0n) is 19.5. The van der Waals surface area contributed by atoms with E-state index >= 15 is 0 Å². The summed E-state index contributed by atoms with van der Waals surface area (Å²) >= 11 is 0. The van der Waals surface area contributed by atoms with Crippen LogP contribution in [0.4, 0.5) is 11.8 Å². The van der Waals surface area contributed by atoms with E-state index in [2.05, 4.69) is 29.0 Å². The van der Waals surface area contributed by atoms with Crippen LogP contribution in [0.1, 0.15) is 89.3 Å². The minimum absolute atomic E-state index is 0.631. The number of nitrogens with one attached hydrogen (secondary N) is 1. The summed E-state index contributed by atoms with van der Waals surface area (Å²) in [7, 11) is 0. The maximum Gasteiger partial charge on any atom is 0.224 e. The van der Waals surface area contributed by atoms with Gasteiger partial charge in [0.1, 0.15) is 5.82 Å². The number of anilines is 2. The lowest BCUT2D eigenvalue weighted by molar-refractivity contribution is 0.214. The molecule has 5 heteroatoms. The maximum atomic E-state index is 5.12. The first-order chi connectivity index (χ1) is 14.8. The van der Waals surface area contributed by atoms with Gasteiger partial charge in [-0.3, -0.25) is 4.90 Å². The highest BCUT2D eigenvalue weighted by molar-refractivity contribution is 5.54. The first-order valence-corrected chi connectivity index (χ1v) is 12.9. The van der Waals surface area contributed by atoms with E-state index in [1.165, 1.54) is 94.4 Å². The summed E-state index contributed by atoms with van der Waals surface area (Å²) in [6.45, 7) is 10.5. The smallest absolute Gasteiger partial charge is 0.224 e. The average Bonchev–Trinajstić information content (AvgIpc) is 3.04. The summed E-state index contributed by atoms with van der Waals surface area (Å²) in [6, 6.07) is 0.631. The predicted molar refractivity (Wildman–Crippen MR) is 127 cm³/mol. The lowest BCUT2D eigenvalue weighted by Gasteiger charge is -2.29. The van der Waals surface area contributed by atoms with E-state index in [9.17, 15) is 0 Å².